The summed E-state index contributed by atoms with van der Waals surface area (Å²) in [4.78, 5) is 0. The summed E-state index contributed by atoms with van der Waals surface area (Å²) >= 11 is 0. The average Bonchev–Trinajstić information content (AvgIpc) is 3.99. The monoisotopic (exact) mass is 806 g/mol. The zero-order valence-electron chi connectivity index (χ0n) is 36.3. The van der Waals surface area contributed by atoms with Gasteiger partial charge in [-0.15, -0.1) is 0 Å². The summed E-state index contributed by atoms with van der Waals surface area (Å²) in [5.41, 5.74) is 25.9. The molecule has 0 unspecified atom stereocenters. The minimum Gasteiger partial charge on any atom is -0.456 e. The molecular weight excluding hydrogens is 761 g/mol. The normalized spacial score (nSPS) is 15.4. The van der Waals surface area contributed by atoms with Gasteiger partial charge in [0.05, 0.1) is 5.41 Å². The zero-order chi connectivity index (χ0) is 42.4. The van der Waals surface area contributed by atoms with Crippen LogP contribution in [0.4, 0.5) is 0 Å². The molecule has 0 saturated carbocycles. The van der Waals surface area contributed by atoms with Crippen molar-refractivity contribution >= 4 is 21.9 Å². The lowest BCUT2D eigenvalue weighted by atomic mass is 9.66. The van der Waals surface area contributed by atoms with E-state index < -0.39 is 5.41 Å². The highest BCUT2D eigenvalue weighted by atomic mass is 16.3. The van der Waals surface area contributed by atoms with Crippen LogP contribution in [0.25, 0.3) is 77.6 Å². The van der Waals surface area contributed by atoms with Gasteiger partial charge >= 0.3 is 0 Å². The predicted octanol–water partition coefficient (Wildman–Crippen LogP) is 16.2. The Morgan fingerprint density at radius 2 is 0.825 bits per heavy atom. The summed E-state index contributed by atoms with van der Waals surface area (Å²) in [5, 5.41) is 2.34. The van der Waals surface area contributed by atoms with Crippen LogP contribution in [-0.2, 0) is 16.2 Å². The molecule has 3 aliphatic rings. The van der Waals surface area contributed by atoms with E-state index >= 15 is 0 Å². The topological polar surface area (TPSA) is 13.1 Å². The van der Waals surface area contributed by atoms with Gasteiger partial charge in [-0.05, 0) is 137 Å². The molecule has 9 aromatic carbocycles. The van der Waals surface area contributed by atoms with Crippen molar-refractivity contribution in [2.45, 2.75) is 50.9 Å². The van der Waals surface area contributed by atoms with Crippen LogP contribution in [0.3, 0.4) is 0 Å². The van der Waals surface area contributed by atoms with E-state index in [1.54, 1.807) is 0 Å². The molecule has 10 aromatic rings. The Kier molecular flexibility index (Phi) is 7.33. The molecule has 0 radical (unpaired) electrons. The Hall–Kier alpha value is -7.22. The number of hydrogen-bond acceptors (Lipinski definition) is 1. The fraction of sp³-hybridized carbons (Fsp3) is 0.129. The molecule has 1 aromatic heterocycles. The Morgan fingerprint density at radius 3 is 1.44 bits per heavy atom. The molecule has 0 atom stereocenters. The van der Waals surface area contributed by atoms with E-state index in [0.717, 1.165) is 16.6 Å². The first kappa shape index (κ1) is 36.4. The Labute approximate surface area is 369 Å². The highest BCUT2D eigenvalue weighted by Gasteiger charge is 2.48. The van der Waals surface area contributed by atoms with Gasteiger partial charge in [0.2, 0.25) is 0 Å². The van der Waals surface area contributed by atoms with Crippen molar-refractivity contribution in [3.8, 4) is 55.6 Å². The first-order chi connectivity index (χ1) is 30.7. The van der Waals surface area contributed by atoms with E-state index in [1.807, 2.05) is 0 Å². The molecule has 300 valence electrons. The SMILES string of the molecule is Cc1cccc2c1-c1c(ccc3oc4ccccc4c13)C2(c1cccc(-c2cccc3c2-c2ccccc2C3(C)C)c1)c1cccc(-c2cccc3c2-c2ccccc2C3(C)C)c1. The number of aryl methyl sites for hydroxylation is 1. The Balaban J connectivity index is 1.13. The minimum absolute atomic E-state index is 0.0891. The molecule has 63 heavy (non-hydrogen) atoms. The van der Waals surface area contributed by atoms with E-state index in [0.29, 0.717) is 0 Å². The maximum Gasteiger partial charge on any atom is 0.136 e. The van der Waals surface area contributed by atoms with Crippen LogP contribution in [0.2, 0.25) is 0 Å². The van der Waals surface area contributed by atoms with Crippen LogP contribution in [0.5, 0.6) is 0 Å². The molecule has 0 fully saturated rings. The second kappa shape index (κ2) is 12.7. The summed E-state index contributed by atoms with van der Waals surface area (Å²) in [6, 6.07) is 71.0. The van der Waals surface area contributed by atoms with Gasteiger partial charge in [-0.2, -0.15) is 0 Å². The minimum atomic E-state index is -0.653. The first-order valence-corrected chi connectivity index (χ1v) is 22.4. The number of fused-ring (bicyclic) bond motifs is 13. The maximum absolute atomic E-state index is 6.64. The van der Waals surface area contributed by atoms with Gasteiger partial charge in [0.25, 0.3) is 0 Å². The fourth-order valence-electron chi connectivity index (χ4n) is 12.5. The van der Waals surface area contributed by atoms with E-state index in [-0.39, 0.29) is 10.8 Å². The van der Waals surface area contributed by atoms with Crippen LogP contribution in [0, 0.1) is 6.92 Å². The Bertz CT molecular complexity index is 3440. The van der Waals surface area contributed by atoms with Gasteiger partial charge < -0.3 is 4.42 Å². The smallest absolute Gasteiger partial charge is 0.136 e. The first-order valence-electron chi connectivity index (χ1n) is 22.4. The van der Waals surface area contributed by atoms with Crippen LogP contribution >= 0.6 is 0 Å². The summed E-state index contributed by atoms with van der Waals surface area (Å²) in [5.74, 6) is 0. The Morgan fingerprint density at radius 1 is 0.349 bits per heavy atom. The number of para-hydroxylation sites is 1. The molecular formula is C62H46O. The van der Waals surface area contributed by atoms with Crippen LogP contribution < -0.4 is 0 Å². The molecule has 1 nitrogen and oxygen atoms in total. The summed E-state index contributed by atoms with van der Waals surface area (Å²) < 4.78 is 6.64. The number of rotatable bonds is 4. The van der Waals surface area contributed by atoms with E-state index in [4.69, 9.17) is 4.42 Å². The molecule has 1 heteroatoms. The summed E-state index contributed by atoms with van der Waals surface area (Å²) in [7, 11) is 0. The molecule has 0 aliphatic heterocycles. The van der Waals surface area contributed by atoms with Gasteiger partial charge in [0.15, 0.2) is 0 Å². The van der Waals surface area contributed by atoms with Gasteiger partial charge in [-0.3, -0.25) is 0 Å². The molecule has 0 amide bonds. The highest BCUT2D eigenvalue weighted by molar-refractivity contribution is 6.16. The van der Waals surface area contributed by atoms with Crippen molar-refractivity contribution in [1.82, 2.24) is 0 Å². The van der Waals surface area contributed by atoms with Gasteiger partial charge in [0.1, 0.15) is 11.2 Å². The lowest BCUT2D eigenvalue weighted by Crippen LogP contribution is -2.28. The quantitative estimate of drug-likeness (QED) is 0.173. The standard InChI is InChI=1S/C62H46O/c1-37-17-12-31-51-55(37)59-52(33-34-54-58(59)46-24-8-11-32-53(46)63-54)62(51,40-20-13-18-38(35-40)42-25-15-29-49-56(42)44-22-6-9-27-47(44)60(49,2)3)41-21-14-19-39(36-41)43-26-16-30-50-57(43)45-23-7-10-28-48(45)61(50,4)5/h6-36H,1-5H3. The van der Waals surface area contributed by atoms with Gasteiger partial charge in [0, 0.05) is 21.6 Å². The van der Waals surface area contributed by atoms with Crippen molar-refractivity contribution in [3.05, 3.63) is 238 Å². The molecule has 0 saturated heterocycles. The van der Waals surface area contributed by atoms with Gasteiger partial charge in [-0.1, -0.05) is 191 Å². The molecule has 0 N–H and O–H groups in total. The zero-order valence-corrected chi connectivity index (χ0v) is 36.3. The summed E-state index contributed by atoms with van der Waals surface area (Å²) in [6.45, 7) is 11.8. The van der Waals surface area contributed by atoms with Gasteiger partial charge in [-0.25, -0.2) is 0 Å². The molecule has 0 spiro atoms. The fourth-order valence-corrected chi connectivity index (χ4v) is 12.5. The van der Waals surface area contributed by atoms with Crippen molar-refractivity contribution < 1.29 is 4.42 Å². The lowest BCUT2D eigenvalue weighted by Gasteiger charge is -2.35. The van der Waals surface area contributed by atoms with Crippen LogP contribution in [0.15, 0.2) is 192 Å². The molecule has 0 bridgehead atoms. The van der Waals surface area contributed by atoms with Crippen molar-refractivity contribution in [3.63, 3.8) is 0 Å². The second-order valence-corrected chi connectivity index (χ2v) is 19.2. The third kappa shape index (κ3) is 4.67. The second-order valence-electron chi connectivity index (χ2n) is 19.2. The third-order valence-corrected chi connectivity index (χ3v) is 15.3. The molecule has 1 heterocycles. The largest absolute Gasteiger partial charge is 0.456 e. The number of benzene rings is 9. The average molecular weight is 807 g/mol. The summed E-state index contributed by atoms with van der Waals surface area (Å²) in [6.07, 6.45) is 0. The number of furan rings is 1. The maximum atomic E-state index is 6.64. The van der Waals surface area contributed by atoms with Crippen LogP contribution in [0.1, 0.15) is 77.8 Å². The predicted molar refractivity (Wildman–Crippen MR) is 262 cm³/mol. The van der Waals surface area contributed by atoms with Crippen molar-refractivity contribution in [1.29, 1.82) is 0 Å². The number of hydrogen-bond donors (Lipinski definition) is 0. The third-order valence-electron chi connectivity index (χ3n) is 15.3. The van der Waals surface area contributed by atoms with E-state index in [1.165, 1.54) is 111 Å². The highest BCUT2D eigenvalue weighted by Crippen LogP contribution is 2.61. The molecule has 13 rings (SSSR count). The van der Waals surface area contributed by atoms with E-state index in [9.17, 15) is 0 Å². The van der Waals surface area contributed by atoms with Crippen LogP contribution in [-0.4, -0.2) is 0 Å². The lowest BCUT2D eigenvalue weighted by molar-refractivity contribution is 0.660. The van der Waals surface area contributed by atoms with Crippen molar-refractivity contribution in [2.24, 2.45) is 0 Å². The van der Waals surface area contributed by atoms with E-state index in [2.05, 4.69) is 223 Å². The van der Waals surface area contributed by atoms with Crippen molar-refractivity contribution in [2.75, 3.05) is 0 Å². The molecule has 3 aliphatic carbocycles.